The van der Waals surface area contributed by atoms with Crippen molar-refractivity contribution in [2.45, 2.75) is 9.79 Å². The van der Waals surface area contributed by atoms with Gasteiger partial charge in [-0.25, -0.2) is 11.1 Å². The van der Waals surface area contributed by atoms with Crippen LogP contribution < -0.4 is 0 Å². The zero-order valence-corrected chi connectivity index (χ0v) is 25.0. The van der Waals surface area contributed by atoms with Gasteiger partial charge in [0.25, 0.3) is 20.2 Å². The van der Waals surface area contributed by atoms with Crippen LogP contribution in [0.2, 0.25) is 0 Å². The van der Waals surface area contributed by atoms with Gasteiger partial charge in [-0.2, -0.15) is 27.1 Å². The monoisotopic (exact) mass is 654 g/mol. The predicted molar refractivity (Wildman–Crippen MR) is 170 cm³/mol. The van der Waals surface area contributed by atoms with Gasteiger partial charge in [-0.1, -0.05) is 97.1 Å². The van der Waals surface area contributed by atoms with E-state index in [2.05, 4.69) is 10.2 Å². The number of nitrogens with one attached hydrogen (secondary N) is 2. The lowest BCUT2D eigenvalue weighted by molar-refractivity contribution is 0.472. The maximum atomic E-state index is 12.5. The lowest BCUT2D eigenvalue weighted by atomic mass is 9.93. The van der Waals surface area contributed by atoms with Crippen molar-refractivity contribution in [3.05, 3.63) is 97.1 Å². The van der Waals surface area contributed by atoms with E-state index in [0.29, 0.717) is 33.0 Å². The van der Waals surface area contributed by atoms with E-state index in [0.717, 1.165) is 0 Å². The topological polar surface area (TPSA) is 222 Å². The first-order valence-electron chi connectivity index (χ1n) is 13.3. The lowest BCUT2D eigenvalue weighted by Crippen LogP contribution is -2.03. The van der Waals surface area contributed by atoms with Crippen molar-refractivity contribution >= 4 is 53.2 Å². The summed E-state index contributed by atoms with van der Waals surface area (Å²) in [6.07, 6.45) is 0. The highest BCUT2D eigenvalue weighted by molar-refractivity contribution is 7.86. The molecule has 0 spiro atoms. The third-order valence-electron chi connectivity index (χ3n) is 7.66. The van der Waals surface area contributed by atoms with E-state index in [1.807, 2.05) is 0 Å². The minimum Gasteiger partial charge on any atom is -0.505 e. The Hall–Kier alpha value is -5.54. The molecule has 0 aliphatic heterocycles. The summed E-state index contributed by atoms with van der Waals surface area (Å²) in [5.74, 6) is -1.11. The molecule has 0 unspecified atom stereocenters. The molecule has 0 aromatic heterocycles. The molecule has 6 N–H and O–H groups in total. The van der Waals surface area contributed by atoms with Gasteiger partial charge in [0, 0.05) is 21.9 Å². The highest BCUT2D eigenvalue weighted by atomic mass is 32.2. The Balaban J connectivity index is 1.49. The van der Waals surface area contributed by atoms with Gasteiger partial charge >= 0.3 is 0 Å². The second kappa shape index (κ2) is 11.1. The molecule has 0 heterocycles. The number of phenols is 2. The molecule has 14 heteroatoms. The van der Waals surface area contributed by atoms with Crippen LogP contribution in [-0.4, -0.2) is 36.2 Å². The molecule has 0 saturated heterocycles. The SMILES string of the molecule is N=Nc1c(S(=O)(=O)O)c(-c2ccc(-c3ccc(-c4c(S(=O)(=O)O)c(N=N)c(O)c5ccccc45)cc3)cc2)c2ccccc2c1O. The van der Waals surface area contributed by atoms with Gasteiger partial charge in [0.2, 0.25) is 0 Å². The Bertz CT molecular complexity index is 2290. The molecular formula is C32H22N4O8S2. The van der Waals surface area contributed by atoms with Crippen molar-refractivity contribution in [2.75, 3.05) is 0 Å². The van der Waals surface area contributed by atoms with Crippen molar-refractivity contribution in [3.63, 3.8) is 0 Å². The molecule has 6 aromatic carbocycles. The molecule has 6 rings (SSSR count). The molecule has 0 bridgehead atoms. The number of aromatic hydroxyl groups is 2. The van der Waals surface area contributed by atoms with E-state index in [1.165, 1.54) is 0 Å². The molecule has 230 valence electrons. The highest BCUT2D eigenvalue weighted by Crippen LogP contribution is 2.49. The third-order valence-corrected chi connectivity index (χ3v) is 9.48. The maximum Gasteiger partial charge on any atom is 0.297 e. The van der Waals surface area contributed by atoms with Crippen molar-refractivity contribution < 1.29 is 36.2 Å². The van der Waals surface area contributed by atoms with Crippen LogP contribution in [0, 0.1) is 11.1 Å². The molecule has 0 saturated carbocycles. The van der Waals surface area contributed by atoms with Crippen LogP contribution in [0.3, 0.4) is 0 Å². The number of hydrogen-bond acceptors (Lipinski definition) is 10. The quantitative estimate of drug-likeness (QED) is 0.0725. The van der Waals surface area contributed by atoms with E-state index >= 15 is 0 Å². The second-order valence-corrected chi connectivity index (χ2v) is 12.9. The molecule has 0 aliphatic rings. The molecule has 0 aliphatic carbocycles. The number of rotatable bonds is 7. The Labute approximate surface area is 261 Å². The molecule has 0 amide bonds. The smallest absolute Gasteiger partial charge is 0.297 e. The van der Waals surface area contributed by atoms with Crippen LogP contribution in [-0.2, 0) is 20.2 Å². The fourth-order valence-electron chi connectivity index (χ4n) is 5.71. The number of benzene rings is 6. The normalized spacial score (nSPS) is 12.0. The van der Waals surface area contributed by atoms with E-state index < -0.39 is 52.9 Å². The summed E-state index contributed by atoms with van der Waals surface area (Å²) < 4.78 is 70.1. The number of nitrogens with zero attached hydrogens (tertiary/aromatic N) is 2. The number of hydrogen-bond donors (Lipinski definition) is 6. The average Bonchev–Trinajstić information content (AvgIpc) is 3.04. The van der Waals surface area contributed by atoms with E-state index in [-0.39, 0.29) is 21.9 Å². The fourth-order valence-corrected chi connectivity index (χ4v) is 7.45. The number of phenolic OH excluding ortho intramolecular Hbond substituents is 2. The van der Waals surface area contributed by atoms with Crippen LogP contribution in [0.1, 0.15) is 0 Å². The van der Waals surface area contributed by atoms with Crippen molar-refractivity contribution in [1.29, 1.82) is 11.1 Å². The van der Waals surface area contributed by atoms with Gasteiger partial charge in [-0.15, -0.1) is 0 Å². The average molecular weight is 655 g/mol. The lowest BCUT2D eigenvalue weighted by Gasteiger charge is -2.16. The van der Waals surface area contributed by atoms with Crippen LogP contribution in [0.25, 0.3) is 54.9 Å². The summed E-state index contributed by atoms with van der Waals surface area (Å²) in [6, 6.07) is 25.9. The predicted octanol–water partition coefficient (Wildman–Crippen LogP) is 8.22. The van der Waals surface area contributed by atoms with Gasteiger partial charge in [-0.05, 0) is 33.0 Å². The molecule has 0 radical (unpaired) electrons. The molecule has 12 nitrogen and oxygen atoms in total. The summed E-state index contributed by atoms with van der Waals surface area (Å²) in [5, 5.41) is 28.8. The third kappa shape index (κ3) is 4.95. The first kappa shape index (κ1) is 30.5. The molecular weight excluding hydrogens is 633 g/mol. The standard InChI is InChI=1S/C32H22N4O8S2/c33-35-27-29(37)23-7-3-1-5-21(23)25(31(27)45(39,40)41)19-13-9-17(10-14-19)18-11-15-20(16-12-18)26-22-6-2-4-8-24(22)30(38)28(36-34)32(26)46(42,43)44/h1-16,33-34,37-38H,(H,39,40,41)(H,42,43,44). The van der Waals surface area contributed by atoms with E-state index in [1.54, 1.807) is 97.1 Å². The minimum absolute atomic E-state index is 0.0522. The summed E-state index contributed by atoms with van der Waals surface area (Å²) in [7, 11) is -9.88. The van der Waals surface area contributed by atoms with Gasteiger partial charge in [0.05, 0.1) is 0 Å². The summed E-state index contributed by atoms with van der Waals surface area (Å²) in [5.41, 5.74) is 16.0. The first-order chi connectivity index (χ1) is 21.9. The molecule has 46 heavy (non-hydrogen) atoms. The summed E-state index contributed by atoms with van der Waals surface area (Å²) >= 11 is 0. The van der Waals surface area contributed by atoms with E-state index in [9.17, 15) is 36.2 Å². The largest absolute Gasteiger partial charge is 0.505 e. The number of fused-ring (bicyclic) bond motifs is 2. The summed E-state index contributed by atoms with van der Waals surface area (Å²) in [4.78, 5) is -1.41. The maximum absolute atomic E-state index is 12.5. The first-order valence-corrected chi connectivity index (χ1v) is 16.2. The van der Waals surface area contributed by atoms with Crippen molar-refractivity contribution in [2.24, 2.45) is 10.2 Å². The van der Waals surface area contributed by atoms with Crippen molar-refractivity contribution in [3.8, 4) is 44.9 Å². The molecule has 6 aromatic rings. The Morgan fingerprint density at radius 2 is 0.739 bits per heavy atom. The Morgan fingerprint density at radius 3 is 1.02 bits per heavy atom. The molecule has 0 fully saturated rings. The van der Waals surface area contributed by atoms with Crippen molar-refractivity contribution in [1.82, 2.24) is 0 Å². The zero-order chi connectivity index (χ0) is 33.0. The second-order valence-electron chi connectivity index (χ2n) is 10.2. The Kier molecular flexibility index (Phi) is 7.37. The van der Waals surface area contributed by atoms with Gasteiger partial charge in [-0.3, -0.25) is 9.11 Å². The minimum atomic E-state index is -4.94. The van der Waals surface area contributed by atoms with Crippen LogP contribution in [0.15, 0.2) is 117 Å². The van der Waals surface area contributed by atoms with Gasteiger partial charge in [0.15, 0.2) is 11.5 Å². The fraction of sp³-hybridized carbons (Fsp3) is 0. The van der Waals surface area contributed by atoms with Crippen LogP contribution >= 0.6 is 0 Å². The van der Waals surface area contributed by atoms with Gasteiger partial charge < -0.3 is 10.2 Å². The Morgan fingerprint density at radius 1 is 0.457 bits per heavy atom. The molecule has 0 atom stereocenters. The zero-order valence-electron chi connectivity index (χ0n) is 23.4. The van der Waals surface area contributed by atoms with E-state index in [4.69, 9.17) is 11.1 Å². The van der Waals surface area contributed by atoms with Crippen LogP contribution in [0.4, 0.5) is 11.4 Å². The van der Waals surface area contributed by atoms with Gasteiger partial charge in [0.1, 0.15) is 21.2 Å². The van der Waals surface area contributed by atoms with Crippen LogP contribution in [0.5, 0.6) is 11.5 Å². The highest BCUT2D eigenvalue weighted by Gasteiger charge is 2.29. The summed E-state index contributed by atoms with van der Waals surface area (Å²) in [6.45, 7) is 0.